The Hall–Kier alpha value is -1.10. The van der Waals surface area contributed by atoms with Crippen molar-refractivity contribution in [2.75, 3.05) is 6.54 Å². The van der Waals surface area contributed by atoms with Gasteiger partial charge in [0, 0.05) is 12.6 Å². The Morgan fingerprint density at radius 2 is 1.90 bits per heavy atom. The lowest BCUT2D eigenvalue weighted by atomic mass is 9.93. The number of aliphatic carboxylic acids is 1. The molecule has 0 heterocycles. The van der Waals surface area contributed by atoms with E-state index in [1.165, 1.54) is 0 Å². The molecular formula is C15H28N2O3. The van der Waals surface area contributed by atoms with Gasteiger partial charge in [-0.25, -0.2) is 0 Å². The van der Waals surface area contributed by atoms with Crippen LogP contribution < -0.4 is 11.1 Å². The van der Waals surface area contributed by atoms with E-state index >= 15 is 0 Å². The summed E-state index contributed by atoms with van der Waals surface area (Å²) < 4.78 is 0. The Kier molecular flexibility index (Phi) is 6.99. The molecule has 20 heavy (non-hydrogen) atoms. The quantitative estimate of drug-likeness (QED) is 0.648. The lowest BCUT2D eigenvalue weighted by Crippen LogP contribution is -2.43. The first-order valence-electron chi connectivity index (χ1n) is 7.68. The summed E-state index contributed by atoms with van der Waals surface area (Å²) in [6, 6.07) is -0.0918. The van der Waals surface area contributed by atoms with Gasteiger partial charge in [-0.1, -0.05) is 33.1 Å². The molecule has 5 nitrogen and oxygen atoms in total. The molecule has 5 heteroatoms. The second-order valence-electron chi connectivity index (χ2n) is 6.32. The topological polar surface area (TPSA) is 92.4 Å². The van der Waals surface area contributed by atoms with Crippen molar-refractivity contribution in [3.63, 3.8) is 0 Å². The van der Waals surface area contributed by atoms with Gasteiger partial charge in [-0.15, -0.1) is 0 Å². The van der Waals surface area contributed by atoms with Crippen molar-refractivity contribution in [3.05, 3.63) is 0 Å². The third kappa shape index (κ3) is 5.49. The summed E-state index contributed by atoms with van der Waals surface area (Å²) in [6.45, 7) is 4.17. The van der Waals surface area contributed by atoms with Crippen LogP contribution in [-0.4, -0.2) is 29.6 Å². The van der Waals surface area contributed by atoms with Gasteiger partial charge < -0.3 is 16.2 Å². The van der Waals surface area contributed by atoms with E-state index in [0.717, 1.165) is 32.1 Å². The fourth-order valence-corrected chi connectivity index (χ4v) is 2.86. The number of nitrogens with two attached hydrogens (primary N) is 1. The summed E-state index contributed by atoms with van der Waals surface area (Å²) >= 11 is 0. The van der Waals surface area contributed by atoms with Gasteiger partial charge in [0.25, 0.3) is 0 Å². The van der Waals surface area contributed by atoms with Crippen LogP contribution in [0.3, 0.4) is 0 Å². The van der Waals surface area contributed by atoms with E-state index in [2.05, 4.69) is 5.32 Å². The molecule has 0 aliphatic heterocycles. The van der Waals surface area contributed by atoms with E-state index in [0.29, 0.717) is 12.3 Å². The van der Waals surface area contributed by atoms with Crippen LogP contribution >= 0.6 is 0 Å². The van der Waals surface area contributed by atoms with E-state index in [-0.39, 0.29) is 24.4 Å². The Morgan fingerprint density at radius 3 is 2.50 bits per heavy atom. The number of carbonyl (C=O) groups is 2. The van der Waals surface area contributed by atoms with Crippen molar-refractivity contribution < 1.29 is 14.7 Å². The zero-order chi connectivity index (χ0) is 15.1. The molecule has 0 saturated heterocycles. The molecule has 1 rings (SSSR count). The van der Waals surface area contributed by atoms with Crippen molar-refractivity contribution >= 4 is 11.9 Å². The molecular weight excluding hydrogens is 256 g/mol. The van der Waals surface area contributed by atoms with E-state index in [9.17, 15) is 9.59 Å². The van der Waals surface area contributed by atoms with Gasteiger partial charge in [0.2, 0.25) is 5.91 Å². The van der Waals surface area contributed by atoms with Crippen molar-refractivity contribution in [3.8, 4) is 0 Å². The maximum Gasteiger partial charge on any atom is 0.308 e. The Labute approximate surface area is 121 Å². The maximum absolute atomic E-state index is 12.2. The van der Waals surface area contributed by atoms with Crippen molar-refractivity contribution in [1.82, 2.24) is 5.32 Å². The zero-order valence-electron chi connectivity index (χ0n) is 12.6. The molecule has 4 N–H and O–H groups in total. The first kappa shape index (κ1) is 17.0. The highest BCUT2D eigenvalue weighted by molar-refractivity contribution is 5.80. The predicted molar refractivity (Wildman–Crippen MR) is 78.1 cm³/mol. The third-order valence-corrected chi connectivity index (χ3v) is 4.03. The second kappa shape index (κ2) is 8.25. The van der Waals surface area contributed by atoms with E-state index in [4.69, 9.17) is 10.8 Å². The highest BCUT2D eigenvalue weighted by atomic mass is 16.4. The van der Waals surface area contributed by atoms with Gasteiger partial charge in [-0.2, -0.15) is 0 Å². The molecule has 3 unspecified atom stereocenters. The lowest BCUT2D eigenvalue weighted by molar-refractivity contribution is -0.142. The van der Waals surface area contributed by atoms with Crippen LogP contribution in [0.1, 0.15) is 52.4 Å². The minimum Gasteiger partial charge on any atom is -0.481 e. The van der Waals surface area contributed by atoms with Crippen molar-refractivity contribution in [2.45, 2.75) is 58.4 Å². The van der Waals surface area contributed by atoms with Crippen LogP contribution in [0.25, 0.3) is 0 Å². The maximum atomic E-state index is 12.2. The minimum atomic E-state index is -0.843. The molecule has 1 aliphatic rings. The standard InChI is InChI=1S/C15H28N2O3/c1-10(2)8-11(15(19)20)9-17-14(18)12-6-4-3-5-7-13(12)16/h10-13H,3-9,16H2,1-2H3,(H,17,18)(H,19,20). The normalized spacial score (nSPS) is 25.0. The molecule has 3 atom stereocenters. The number of hydrogen-bond donors (Lipinski definition) is 3. The van der Waals surface area contributed by atoms with Gasteiger partial charge in [0.1, 0.15) is 0 Å². The molecule has 0 bridgehead atoms. The van der Waals surface area contributed by atoms with E-state index < -0.39 is 11.9 Å². The number of carboxylic acids is 1. The smallest absolute Gasteiger partial charge is 0.308 e. The summed E-state index contributed by atoms with van der Waals surface area (Å²) in [5.74, 6) is -1.29. The summed E-state index contributed by atoms with van der Waals surface area (Å²) in [6.07, 6.45) is 5.51. The highest BCUT2D eigenvalue weighted by Crippen LogP contribution is 2.22. The van der Waals surface area contributed by atoms with Crippen LogP contribution in [0, 0.1) is 17.8 Å². The first-order chi connectivity index (χ1) is 9.41. The SMILES string of the molecule is CC(C)CC(CNC(=O)C1CCCCCC1N)C(=O)O. The molecule has 116 valence electrons. The average Bonchev–Trinajstić information content (AvgIpc) is 2.58. The van der Waals surface area contributed by atoms with Crippen LogP contribution in [0.15, 0.2) is 0 Å². The van der Waals surface area contributed by atoms with Crippen LogP contribution in [0.4, 0.5) is 0 Å². The molecule has 1 amide bonds. The van der Waals surface area contributed by atoms with E-state index in [1.54, 1.807) is 0 Å². The Bertz CT molecular complexity index is 331. The molecule has 1 aliphatic carbocycles. The number of amides is 1. The minimum absolute atomic E-state index is 0.0746. The molecule has 0 aromatic carbocycles. The number of carboxylic acid groups (broad SMARTS) is 1. The number of nitrogens with one attached hydrogen (secondary N) is 1. The van der Waals surface area contributed by atoms with Crippen molar-refractivity contribution in [2.24, 2.45) is 23.5 Å². The molecule has 1 saturated carbocycles. The lowest BCUT2D eigenvalue weighted by Gasteiger charge is -2.22. The highest BCUT2D eigenvalue weighted by Gasteiger charge is 2.28. The fourth-order valence-electron chi connectivity index (χ4n) is 2.86. The molecule has 1 fully saturated rings. The predicted octanol–water partition coefficient (Wildman–Crippen LogP) is 1.76. The van der Waals surface area contributed by atoms with E-state index in [1.807, 2.05) is 13.8 Å². The first-order valence-corrected chi connectivity index (χ1v) is 7.68. The van der Waals surface area contributed by atoms with Crippen molar-refractivity contribution in [1.29, 1.82) is 0 Å². The van der Waals surface area contributed by atoms with Gasteiger partial charge in [0.15, 0.2) is 0 Å². The molecule has 0 radical (unpaired) electrons. The van der Waals surface area contributed by atoms with Gasteiger partial charge >= 0.3 is 5.97 Å². The number of hydrogen-bond acceptors (Lipinski definition) is 3. The largest absolute Gasteiger partial charge is 0.481 e. The monoisotopic (exact) mass is 284 g/mol. The second-order valence-corrected chi connectivity index (χ2v) is 6.32. The van der Waals surface area contributed by atoms with Crippen LogP contribution in [0.5, 0.6) is 0 Å². The van der Waals surface area contributed by atoms with Crippen LogP contribution in [-0.2, 0) is 9.59 Å². The average molecular weight is 284 g/mol. The summed E-state index contributed by atoms with van der Waals surface area (Å²) in [4.78, 5) is 23.4. The third-order valence-electron chi connectivity index (χ3n) is 4.03. The Morgan fingerprint density at radius 1 is 1.25 bits per heavy atom. The number of carbonyl (C=O) groups excluding carboxylic acids is 1. The summed E-state index contributed by atoms with van der Waals surface area (Å²) in [5.41, 5.74) is 6.05. The van der Waals surface area contributed by atoms with Gasteiger partial charge in [-0.3, -0.25) is 9.59 Å². The molecule has 0 aromatic heterocycles. The summed E-state index contributed by atoms with van der Waals surface area (Å²) in [7, 11) is 0. The van der Waals surface area contributed by atoms with Crippen LogP contribution in [0.2, 0.25) is 0 Å². The molecule has 0 spiro atoms. The van der Waals surface area contributed by atoms with Gasteiger partial charge in [0.05, 0.1) is 11.8 Å². The molecule has 0 aromatic rings. The zero-order valence-corrected chi connectivity index (χ0v) is 12.6. The Balaban J connectivity index is 2.49. The summed E-state index contributed by atoms with van der Waals surface area (Å²) in [5, 5.41) is 12.0. The van der Waals surface area contributed by atoms with Gasteiger partial charge in [-0.05, 0) is 25.2 Å². The number of rotatable bonds is 6. The fraction of sp³-hybridized carbons (Fsp3) is 0.867.